The summed E-state index contributed by atoms with van der Waals surface area (Å²) >= 11 is 3.45. The number of halogens is 1. The average Bonchev–Trinajstić information content (AvgIpc) is 2.99. The molecule has 23 heavy (non-hydrogen) atoms. The molecule has 1 aliphatic rings. The SMILES string of the molecule is C[C@@H]1c2cc(Br)ccc2C(=O)N1Cc1ccc2[nH]c(=O)oc2c1. The highest BCUT2D eigenvalue weighted by Gasteiger charge is 2.33. The van der Waals surface area contributed by atoms with Crippen LogP contribution in [0.15, 0.2) is 50.1 Å². The van der Waals surface area contributed by atoms with Gasteiger partial charge in [0.25, 0.3) is 5.91 Å². The first-order chi connectivity index (χ1) is 11.0. The van der Waals surface area contributed by atoms with Crippen molar-refractivity contribution in [2.45, 2.75) is 19.5 Å². The van der Waals surface area contributed by atoms with Gasteiger partial charge in [-0.3, -0.25) is 9.78 Å². The summed E-state index contributed by atoms with van der Waals surface area (Å²) in [6.07, 6.45) is 0. The van der Waals surface area contributed by atoms with Gasteiger partial charge in [-0.1, -0.05) is 22.0 Å². The van der Waals surface area contributed by atoms with Crippen LogP contribution in [0.4, 0.5) is 0 Å². The fourth-order valence-electron chi connectivity index (χ4n) is 3.07. The molecule has 1 N–H and O–H groups in total. The van der Waals surface area contributed by atoms with Crippen LogP contribution in [0.3, 0.4) is 0 Å². The number of aromatic amines is 1. The highest BCUT2D eigenvalue weighted by molar-refractivity contribution is 9.10. The Labute approximate surface area is 140 Å². The van der Waals surface area contributed by atoms with Crippen LogP contribution in [-0.2, 0) is 6.54 Å². The van der Waals surface area contributed by atoms with Crippen molar-refractivity contribution < 1.29 is 9.21 Å². The van der Waals surface area contributed by atoms with E-state index < -0.39 is 5.76 Å². The molecule has 0 saturated carbocycles. The maximum absolute atomic E-state index is 12.6. The van der Waals surface area contributed by atoms with Gasteiger partial charge in [0.15, 0.2) is 5.58 Å². The number of hydrogen-bond donors (Lipinski definition) is 1. The topological polar surface area (TPSA) is 66.3 Å². The van der Waals surface area contributed by atoms with Gasteiger partial charge < -0.3 is 9.32 Å². The van der Waals surface area contributed by atoms with E-state index in [0.717, 1.165) is 21.2 Å². The van der Waals surface area contributed by atoms with Crippen LogP contribution in [-0.4, -0.2) is 15.8 Å². The molecule has 4 rings (SSSR count). The Kier molecular flexibility index (Phi) is 3.16. The minimum Gasteiger partial charge on any atom is -0.408 e. The van der Waals surface area contributed by atoms with Crippen molar-refractivity contribution in [3.63, 3.8) is 0 Å². The van der Waals surface area contributed by atoms with E-state index in [2.05, 4.69) is 20.9 Å². The van der Waals surface area contributed by atoms with Gasteiger partial charge in [0.05, 0.1) is 11.6 Å². The van der Waals surface area contributed by atoms with Crippen LogP contribution >= 0.6 is 15.9 Å². The third kappa shape index (κ3) is 2.30. The van der Waals surface area contributed by atoms with Crippen LogP contribution in [0.2, 0.25) is 0 Å². The van der Waals surface area contributed by atoms with Crippen molar-refractivity contribution in [1.82, 2.24) is 9.88 Å². The first kappa shape index (κ1) is 14.3. The first-order valence-electron chi connectivity index (χ1n) is 7.25. The van der Waals surface area contributed by atoms with Crippen molar-refractivity contribution in [3.8, 4) is 0 Å². The van der Waals surface area contributed by atoms with Crippen molar-refractivity contribution in [2.24, 2.45) is 0 Å². The molecule has 0 aliphatic carbocycles. The number of hydrogen-bond acceptors (Lipinski definition) is 3. The molecule has 2 heterocycles. The second kappa shape index (κ2) is 5.09. The first-order valence-corrected chi connectivity index (χ1v) is 8.04. The van der Waals surface area contributed by atoms with Gasteiger partial charge in [0.2, 0.25) is 0 Å². The molecule has 116 valence electrons. The number of benzene rings is 2. The molecule has 1 atom stereocenters. The molecule has 0 unspecified atom stereocenters. The lowest BCUT2D eigenvalue weighted by Gasteiger charge is -2.22. The number of nitrogens with zero attached hydrogens (tertiary/aromatic N) is 1. The molecule has 0 radical (unpaired) electrons. The van der Waals surface area contributed by atoms with Crippen LogP contribution < -0.4 is 5.76 Å². The maximum atomic E-state index is 12.6. The summed E-state index contributed by atoms with van der Waals surface area (Å²) in [7, 11) is 0. The summed E-state index contributed by atoms with van der Waals surface area (Å²) < 4.78 is 6.05. The molecule has 3 aromatic rings. The van der Waals surface area contributed by atoms with Gasteiger partial charge in [0, 0.05) is 16.6 Å². The summed E-state index contributed by atoms with van der Waals surface area (Å²) in [5, 5.41) is 0. The Balaban J connectivity index is 1.68. The lowest BCUT2D eigenvalue weighted by atomic mass is 10.1. The number of aromatic nitrogens is 1. The van der Waals surface area contributed by atoms with E-state index in [9.17, 15) is 9.59 Å². The van der Waals surface area contributed by atoms with Gasteiger partial charge in [0.1, 0.15) is 0 Å². The third-order valence-electron chi connectivity index (χ3n) is 4.26. The number of amides is 1. The van der Waals surface area contributed by atoms with Crippen LogP contribution in [0.5, 0.6) is 0 Å². The third-order valence-corrected chi connectivity index (χ3v) is 4.75. The standard InChI is InChI=1S/C17H13BrN2O3/c1-9-13-7-11(18)3-4-12(13)16(21)20(9)8-10-2-5-14-15(6-10)23-17(22)19-14/h2-7,9H,8H2,1H3,(H,19,22)/t9-/m1/s1. The van der Waals surface area contributed by atoms with Gasteiger partial charge in [-0.15, -0.1) is 0 Å². The van der Waals surface area contributed by atoms with Crippen molar-refractivity contribution in [3.05, 3.63) is 68.1 Å². The molecule has 6 heteroatoms. The molecule has 0 bridgehead atoms. The maximum Gasteiger partial charge on any atom is 0.417 e. The molecule has 0 saturated heterocycles. The van der Waals surface area contributed by atoms with Crippen LogP contribution in [0.1, 0.15) is 34.5 Å². The molecule has 0 fully saturated rings. The zero-order valence-electron chi connectivity index (χ0n) is 12.3. The number of carbonyl (C=O) groups is 1. The monoisotopic (exact) mass is 372 g/mol. The number of carbonyl (C=O) groups excluding carboxylic acids is 1. The van der Waals surface area contributed by atoms with E-state index in [0.29, 0.717) is 17.6 Å². The number of H-pyrrole nitrogens is 1. The Bertz CT molecular complexity index is 989. The highest BCUT2D eigenvalue weighted by Crippen LogP contribution is 2.36. The zero-order chi connectivity index (χ0) is 16.1. The van der Waals surface area contributed by atoms with E-state index in [1.165, 1.54) is 0 Å². The molecule has 0 spiro atoms. The van der Waals surface area contributed by atoms with E-state index in [1.807, 2.05) is 36.1 Å². The Morgan fingerprint density at radius 3 is 2.87 bits per heavy atom. The molecule has 2 aromatic carbocycles. The van der Waals surface area contributed by atoms with E-state index in [-0.39, 0.29) is 11.9 Å². The predicted molar refractivity (Wildman–Crippen MR) is 89.3 cm³/mol. The minimum atomic E-state index is -0.472. The number of oxazole rings is 1. The lowest BCUT2D eigenvalue weighted by Crippen LogP contribution is -2.26. The molecule has 1 aliphatic heterocycles. The fraction of sp³-hybridized carbons (Fsp3) is 0.176. The van der Waals surface area contributed by atoms with E-state index in [1.54, 1.807) is 12.1 Å². The lowest BCUT2D eigenvalue weighted by molar-refractivity contribution is 0.0723. The van der Waals surface area contributed by atoms with Gasteiger partial charge in [-0.05, 0) is 48.4 Å². The normalized spacial score (nSPS) is 17.0. The van der Waals surface area contributed by atoms with Crippen molar-refractivity contribution in [2.75, 3.05) is 0 Å². The number of fused-ring (bicyclic) bond motifs is 2. The van der Waals surface area contributed by atoms with E-state index in [4.69, 9.17) is 4.42 Å². The number of nitrogens with one attached hydrogen (secondary N) is 1. The van der Waals surface area contributed by atoms with Crippen LogP contribution in [0.25, 0.3) is 11.1 Å². The summed E-state index contributed by atoms with van der Waals surface area (Å²) in [5.74, 6) is -0.448. The Morgan fingerprint density at radius 1 is 1.22 bits per heavy atom. The minimum absolute atomic E-state index is 0.00364. The van der Waals surface area contributed by atoms with Gasteiger partial charge >= 0.3 is 5.76 Å². The largest absolute Gasteiger partial charge is 0.417 e. The zero-order valence-corrected chi connectivity index (χ0v) is 13.9. The molecular weight excluding hydrogens is 360 g/mol. The molecule has 1 amide bonds. The number of rotatable bonds is 2. The second-order valence-corrected chi connectivity index (χ2v) is 6.60. The molecule has 1 aromatic heterocycles. The van der Waals surface area contributed by atoms with Crippen molar-refractivity contribution in [1.29, 1.82) is 0 Å². The van der Waals surface area contributed by atoms with Gasteiger partial charge in [-0.25, -0.2) is 4.79 Å². The summed E-state index contributed by atoms with van der Waals surface area (Å²) in [6, 6.07) is 11.2. The highest BCUT2D eigenvalue weighted by atomic mass is 79.9. The van der Waals surface area contributed by atoms with E-state index >= 15 is 0 Å². The Hall–Kier alpha value is -2.34. The predicted octanol–water partition coefficient (Wildman–Crippen LogP) is 3.60. The summed E-state index contributed by atoms with van der Waals surface area (Å²) in [5.41, 5.74) is 3.86. The quantitative estimate of drug-likeness (QED) is 0.747. The van der Waals surface area contributed by atoms with Crippen molar-refractivity contribution >= 4 is 32.9 Å². The summed E-state index contributed by atoms with van der Waals surface area (Å²) in [4.78, 5) is 28.3. The van der Waals surface area contributed by atoms with Crippen LogP contribution in [0, 0.1) is 0 Å². The fourth-order valence-corrected chi connectivity index (χ4v) is 3.44. The average molecular weight is 373 g/mol. The molecule has 5 nitrogen and oxygen atoms in total. The smallest absolute Gasteiger partial charge is 0.408 e. The summed E-state index contributed by atoms with van der Waals surface area (Å²) in [6.45, 7) is 2.49. The van der Waals surface area contributed by atoms with Gasteiger partial charge in [-0.2, -0.15) is 0 Å². The second-order valence-electron chi connectivity index (χ2n) is 5.69. The molecular formula is C17H13BrN2O3. The Morgan fingerprint density at radius 2 is 2.04 bits per heavy atom.